The second-order valence-corrected chi connectivity index (χ2v) is 12.7. The number of hydrogen-bond acceptors (Lipinski definition) is 3. The maximum atomic E-state index is 14.9. The van der Waals surface area contributed by atoms with Crippen LogP contribution in [0.2, 0.25) is 0 Å². The summed E-state index contributed by atoms with van der Waals surface area (Å²) < 4.78 is 103. The molecule has 0 saturated heterocycles. The Bertz CT molecular complexity index is 1190. The van der Waals surface area contributed by atoms with E-state index in [0.717, 1.165) is 76.0 Å². The summed E-state index contributed by atoms with van der Waals surface area (Å²) in [5.74, 6) is -6.27. The molecule has 0 aromatic heterocycles. The van der Waals surface area contributed by atoms with E-state index in [1.807, 2.05) is 0 Å². The normalized spacial score (nSPS) is 22.5. The molecule has 0 N–H and O–H groups in total. The van der Waals surface area contributed by atoms with Crippen LogP contribution >= 0.6 is 0 Å². The van der Waals surface area contributed by atoms with Crippen molar-refractivity contribution in [2.24, 2.45) is 17.8 Å². The average Bonchev–Trinajstić information content (AvgIpc) is 3.01. The summed E-state index contributed by atoms with van der Waals surface area (Å²) in [5.41, 5.74) is 0.158. The van der Waals surface area contributed by atoms with Crippen LogP contribution in [0.15, 0.2) is 24.3 Å². The highest BCUT2D eigenvalue weighted by molar-refractivity contribution is 5.35. The van der Waals surface area contributed by atoms with Crippen molar-refractivity contribution >= 4 is 0 Å². The minimum absolute atomic E-state index is 0.158. The Hall–Kier alpha value is -2.58. The van der Waals surface area contributed by atoms with Crippen molar-refractivity contribution < 1.29 is 40.6 Å². The molecule has 0 atom stereocenters. The molecule has 0 aliphatic heterocycles. The van der Waals surface area contributed by atoms with Gasteiger partial charge in [0.1, 0.15) is 0 Å². The van der Waals surface area contributed by atoms with Crippen LogP contribution in [0.4, 0.5) is 26.3 Å². The second-order valence-electron chi connectivity index (χ2n) is 12.7. The molecule has 2 saturated carbocycles. The molecule has 2 fully saturated rings. The number of rotatable bonds is 15. The van der Waals surface area contributed by atoms with Crippen molar-refractivity contribution in [2.75, 3.05) is 13.2 Å². The van der Waals surface area contributed by atoms with E-state index in [0.29, 0.717) is 24.7 Å². The monoisotopic (exact) mass is 628 g/mol. The third-order valence-electron chi connectivity index (χ3n) is 9.38. The molecule has 44 heavy (non-hydrogen) atoms. The average molecular weight is 629 g/mol. The topological polar surface area (TPSA) is 27.7 Å². The van der Waals surface area contributed by atoms with Crippen LogP contribution in [0.25, 0.3) is 0 Å². The van der Waals surface area contributed by atoms with Crippen molar-refractivity contribution in [1.82, 2.24) is 0 Å². The van der Waals surface area contributed by atoms with Gasteiger partial charge in [0, 0.05) is 0 Å². The molecule has 2 aliphatic rings. The first-order valence-electron chi connectivity index (χ1n) is 16.4. The van der Waals surface area contributed by atoms with Gasteiger partial charge >= 0.3 is 6.11 Å². The van der Waals surface area contributed by atoms with Gasteiger partial charge < -0.3 is 14.2 Å². The summed E-state index contributed by atoms with van der Waals surface area (Å²) >= 11 is 0. The molecule has 9 heteroatoms. The van der Waals surface area contributed by atoms with Crippen LogP contribution in [0.3, 0.4) is 0 Å². The predicted molar refractivity (Wildman–Crippen MR) is 158 cm³/mol. The van der Waals surface area contributed by atoms with E-state index in [2.05, 4.69) is 18.6 Å². The largest absolute Gasteiger partial charge is 0.490 e. The molecule has 0 amide bonds. The Morgan fingerprint density at radius 1 is 0.614 bits per heavy atom. The fraction of sp³-hybridized carbons (Fsp3) is 0.657. The van der Waals surface area contributed by atoms with Crippen LogP contribution in [0.1, 0.15) is 115 Å². The molecule has 2 aliphatic carbocycles. The molecule has 246 valence electrons. The molecular formula is C35H46F6O3. The SMILES string of the molecule is CCCCCC1CCC(c2ccc(OC(F)(F)COc3ccc(OCC4CCC(CCC)CC4)c(F)c3F)c(F)c2F)CC1. The van der Waals surface area contributed by atoms with Gasteiger partial charge in [-0.1, -0.05) is 71.3 Å². The van der Waals surface area contributed by atoms with Crippen LogP contribution in [-0.4, -0.2) is 19.3 Å². The minimum Gasteiger partial charge on any atom is -0.490 e. The number of ether oxygens (including phenoxy) is 3. The Kier molecular flexibility index (Phi) is 12.6. The van der Waals surface area contributed by atoms with E-state index in [1.54, 1.807) is 0 Å². The Morgan fingerprint density at radius 2 is 1.16 bits per heavy atom. The lowest BCUT2D eigenvalue weighted by Crippen LogP contribution is -2.33. The predicted octanol–water partition coefficient (Wildman–Crippen LogP) is 11.1. The highest BCUT2D eigenvalue weighted by Gasteiger charge is 2.36. The van der Waals surface area contributed by atoms with E-state index in [1.165, 1.54) is 25.3 Å². The second kappa shape index (κ2) is 16.1. The third kappa shape index (κ3) is 9.23. The Morgan fingerprint density at radius 3 is 1.80 bits per heavy atom. The van der Waals surface area contributed by atoms with Gasteiger partial charge in [0.25, 0.3) is 0 Å². The maximum absolute atomic E-state index is 14.9. The van der Waals surface area contributed by atoms with Crippen LogP contribution in [-0.2, 0) is 0 Å². The van der Waals surface area contributed by atoms with Gasteiger partial charge in [-0.15, -0.1) is 0 Å². The molecule has 3 nitrogen and oxygen atoms in total. The first-order valence-corrected chi connectivity index (χ1v) is 16.4. The smallest absolute Gasteiger partial charge is 0.433 e. The molecule has 0 spiro atoms. The summed E-state index contributed by atoms with van der Waals surface area (Å²) in [6.07, 6.45) is 10.2. The van der Waals surface area contributed by atoms with E-state index in [9.17, 15) is 26.3 Å². The van der Waals surface area contributed by atoms with Gasteiger partial charge in [-0.3, -0.25) is 0 Å². The summed E-state index contributed by atoms with van der Waals surface area (Å²) in [5, 5.41) is 0. The van der Waals surface area contributed by atoms with Crippen molar-refractivity contribution in [3.8, 4) is 17.2 Å². The first-order chi connectivity index (χ1) is 21.1. The van der Waals surface area contributed by atoms with Gasteiger partial charge in [0.15, 0.2) is 29.7 Å². The van der Waals surface area contributed by atoms with Crippen molar-refractivity contribution in [3.63, 3.8) is 0 Å². The zero-order valence-corrected chi connectivity index (χ0v) is 25.9. The third-order valence-corrected chi connectivity index (χ3v) is 9.38. The fourth-order valence-electron chi connectivity index (χ4n) is 6.78. The summed E-state index contributed by atoms with van der Waals surface area (Å²) in [7, 11) is 0. The maximum Gasteiger partial charge on any atom is 0.433 e. The highest BCUT2D eigenvalue weighted by Crippen LogP contribution is 2.41. The quantitative estimate of drug-likeness (QED) is 0.145. The molecule has 0 radical (unpaired) electrons. The van der Waals surface area contributed by atoms with Crippen molar-refractivity contribution in [2.45, 2.75) is 116 Å². The Balaban J connectivity index is 1.28. The number of unbranched alkanes of at least 4 members (excludes halogenated alkanes) is 2. The lowest BCUT2D eigenvalue weighted by molar-refractivity contribution is -0.197. The zero-order chi connectivity index (χ0) is 31.7. The van der Waals surface area contributed by atoms with Crippen LogP contribution in [0, 0.1) is 41.0 Å². The standard InChI is InChI=1S/C35H46F6O3/c1-3-5-6-8-24-13-15-26(16-14-24)27-17-18-30(34(39)31(27)36)44-35(40,41)22-43-29-20-19-28(32(37)33(29)38)42-21-25-11-9-23(7-4-2)10-12-25/h17-20,23-26H,3-16,21-22H2,1-2H3. The van der Waals surface area contributed by atoms with Gasteiger partial charge in [-0.2, -0.15) is 22.0 Å². The fourth-order valence-corrected chi connectivity index (χ4v) is 6.78. The van der Waals surface area contributed by atoms with Gasteiger partial charge in [-0.25, -0.2) is 4.39 Å². The lowest BCUT2D eigenvalue weighted by Gasteiger charge is -2.29. The van der Waals surface area contributed by atoms with Gasteiger partial charge in [-0.05, 0) is 86.0 Å². The van der Waals surface area contributed by atoms with E-state index in [4.69, 9.17) is 9.47 Å². The first kappa shape index (κ1) is 34.3. The van der Waals surface area contributed by atoms with Crippen LogP contribution in [0.5, 0.6) is 17.2 Å². The van der Waals surface area contributed by atoms with E-state index >= 15 is 0 Å². The number of hydrogen-bond donors (Lipinski definition) is 0. The van der Waals surface area contributed by atoms with Crippen LogP contribution < -0.4 is 14.2 Å². The number of halogens is 6. The van der Waals surface area contributed by atoms with E-state index in [-0.39, 0.29) is 29.8 Å². The van der Waals surface area contributed by atoms with Crippen molar-refractivity contribution in [3.05, 3.63) is 53.1 Å². The molecule has 4 rings (SSSR count). The minimum atomic E-state index is -4.15. The van der Waals surface area contributed by atoms with Crippen molar-refractivity contribution in [1.29, 1.82) is 0 Å². The highest BCUT2D eigenvalue weighted by atomic mass is 19.3. The molecule has 0 bridgehead atoms. The zero-order valence-electron chi connectivity index (χ0n) is 25.9. The Labute approximate surface area is 257 Å². The van der Waals surface area contributed by atoms with E-state index < -0.39 is 47.5 Å². The molecule has 2 aromatic carbocycles. The number of alkyl halides is 2. The molecule has 0 heterocycles. The summed E-state index contributed by atoms with van der Waals surface area (Å²) in [4.78, 5) is 0. The summed E-state index contributed by atoms with van der Waals surface area (Å²) in [6, 6.07) is 4.40. The van der Waals surface area contributed by atoms with Gasteiger partial charge in [0.05, 0.1) is 6.61 Å². The molecule has 0 unspecified atom stereocenters. The molecule has 2 aromatic rings. The van der Waals surface area contributed by atoms with Gasteiger partial charge in [0.2, 0.25) is 17.5 Å². The lowest BCUT2D eigenvalue weighted by atomic mass is 9.77. The summed E-state index contributed by atoms with van der Waals surface area (Å²) in [6.45, 7) is 3.01. The number of benzene rings is 2. The molecular weight excluding hydrogens is 582 g/mol.